The number of nitrogens with zero attached hydrogens (tertiary/aromatic N) is 1. The number of halogens is 3. The number of piperidine rings is 1. The Bertz CT molecular complexity index is 1090. The summed E-state index contributed by atoms with van der Waals surface area (Å²) in [4.78, 5) is 14.9. The van der Waals surface area contributed by atoms with Gasteiger partial charge in [0.2, 0.25) is 10.0 Å². The topological polar surface area (TPSA) is 87.7 Å². The van der Waals surface area contributed by atoms with E-state index in [0.717, 1.165) is 50.9 Å². The molecule has 1 fully saturated rings. The fourth-order valence-electron chi connectivity index (χ4n) is 3.59. The van der Waals surface area contributed by atoms with Gasteiger partial charge in [-0.15, -0.1) is 0 Å². The molecular weight excluding hydrogens is 509 g/mol. The number of hydrogen-bond acceptors (Lipinski definition) is 5. The molecule has 1 saturated heterocycles. The maximum absolute atomic E-state index is 12.5. The van der Waals surface area contributed by atoms with E-state index in [-0.39, 0.29) is 23.3 Å². The zero-order valence-corrected chi connectivity index (χ0v) is 21.2. The standard InChI is InChI=1S/C22H26Cl3N3O4S/c1-33(30,31)27-21-13-15(23)3-5-18(21)22(29)26-9-2-10-28-11-7-16(8-12-28)32-17-4-6-19(24)20(25)14-17/h3-6,13-14,16,27H,2,7-12H2,1H3,(H,26,29). The number of ether oxygens (including phenoxy) is 1. The van der Waals surface area contributed by atoms with Crippen molar-refractivity contribution in [2.24, 2.45) is 0 Å². The first-order valence-electron chi connectivity index (χ1n) is 10.5. The highest BCUT2D eigenvalue weighted by molar-refractivity contribution is 7.92. The molecule has 33 heavy (non-hydrogen) atoms. The summed E-state index contributed by atoms with van der Waals surface area (Å²) in [5.41, 5.74) is 0.386. The van der Waals surface area contributed by atoms with Crippen LogP contribution in [0.2, 0.25) is 15.1 Å². The van der Waals surface area contributed by atoms with E-state index in [1.54, 1.807) is 18.2 Å². The number of rotatable bonds is 9. The Morgan fingerprint density at radius 3 is 2.48 bits per heavy atom. The van der Waals surface area contributed by atoms with Crippen molar-refractivity contribution in [3.05, 3.63) is 57.0 Å². The van der Waals surface area contributed by atoms with Crippen LogP contribution in [0.15, 0.2) is 36.4 Å². The lowest BCUT2D eigenvalue weighted by atomic mass is 10.1. The molecule has 0 aromatic heterocycles. The third-order valence-electron chi connectivity index (χ3n) is 5.19. The van der Waals surface area contributed by atoms with Crippen LogP contribution in [0, 0.1) is 0 Å². The first kappa shape index (κ1) is 25.9. The zero-order chi connectivity index (χ0) is 24.0. The maximum atomic E-state index is 12.5. The summed E-state index contributed by atoms with van der Waals surface area (Å²) in [5.74, 6) is 0.365. The third-order valence-corrected chi connectivity index (χ3v) is 6.75. The average molecular weight is 535 g/mol. The lowest BCUT2D eigenvalue weighted by Crippen LogP contribution is -2.39. The van der Waals surface area contributed by atoms with Crippen LogP contribution in [-0.4, -0.2) is 57.8 Å². The van der Waals surface area contributed by atoms with Crippen molar-refractivity contribution in [2.75, 3.05) is 37.2 Å². The summed E-state index contributed by atoms with van der Waals surface area (Å²) in [6.45, 7) is 3.12. The molecule has 2 N–H and O–H groups in total. The Labute approximate surface area is 209 Å². The number of likely N-dealkylation sites (tertiary alicyclic amines) is 1. The van der Waals surface area contributed by atoms with Gasteiger partial charge < -0.3 is 15.0 Å². The molecule has 0 radical (unpaired) electrons. The fourth-order valence-corrected chi connectivity index (χ4v) is 4.62. The molecule has 180 valence electrons. The van der Waals surface area contributed by atoms with Gasteiger partial charge in [0.05, 0.1) is 27.6 Å². The molecule has 2 aromatic rings. The quantitative estimate of drug-likeness (QED) is 0.456. The maximum Gasteiger partial charge on any atom is 0.253 e. The van der Waals surface area contributed by atoms with Crippen LogP contribution < -0.4 is 14.8 Å². The molecule has 11 heteroatoms. The number of carbonyl (C=O) groups is 1. The molecule has 3 rings (SSSR count). The first-order chi connectivity index (χ1) is 15.6. The van der Waals surface area contributed by atoms with Gasteiger partial charge in [-0.3, -0.25) is 9.52 Å². The van der Waals surface area contributed by atoms with E-state index in [9.17, 15) is 13.2 Å². The Balaban J connectivity index is 1.40. The predicted molar refractivity (Wildman–Crippen MR) is 133 cm³/mol. The molecule has 0 bridgehead atoms. The van der Waals surface area contributed by atoms with Gasteiger partial charge in [0.25, 0.3) is 5.91 Å². The van der Waals surface area contributed by atoms with Gasteiger partial charge >= 0.3 is 0 Å². The van der Waals surface area contributed by atoms with E-state index in [1.165, 1.54) is 12.1 Å². The van der Waals surface area contributed by atoms with Crippen LogP contribution in [-0.2, 0) is 10.0 Å². The molecule has 0 spiro atoms. The van der Waals surface area contributed by atoms with Gasteiger partial charge in [0, 0.05) is 30.7 Å². The SMILES string of the molecule is CS(=O)(=O)Nc1cc(Cl)ccc1C(=O)NCCCN1CCC(Oc2ccc(Cl)c(Cl)c2)CC1. The highest BCUT2D eigenvalue weighted by Gasteiger charge is 2.21. The molecule has 1 amide bonds. The van der Waals surface area contributed by atoms with E-state index in [1.807, 2.05) is 6.07 Å². The molecule has 0 unspecified atom stereocenters. The van der Waals surface area contributed by atoms with E-state index in [4.69, 9.17) is 39.5 Å². The predicted octanol–water partition coefficient (Wildman–Crippen LogP) is 4.68. The second-order valence-electron chi connectivity index (χ2n) is 7.91. The number of amides is 1. The number of anilines is 1. The van der Waals surface area contributed by atoms with Crippen molar-refractivity contribution in [1.82, 2.24) is 10.2 Å². The second-order valence-corrected chi connectivity index (χ2v) is 10.9. The van der Waals surface area contributed by atoms with E-state index in [2.05, 4.69) is 14.9 Å². The highest BCUT2D eigenvalue weighted by Crippen LogP contribution is 2.28. The number of hydrogen-bond donors (Lipinski definition) is 2. The molecule has 0 atom stereocenters. The molecular formula is C22H26Cl3N3O4S. The van der Waals surface area contributed by atoms with E-state index < -0.39 is 10.0 Å². The number of nitrogens with one attached hydrogen (secondary N) is 2. The Morgan fingerprint density at radius 2 is 1.82 bits per heavy atom. The molecule has 2 aromatic carbocycles. The van der Waals surface area contributed by atoms with Crippen molar-refractivity contribution in [1.29, 1.82) is 0 Å². The minimum atomic E-state index is -3.54. The summed E-state index contributed by atoms with van der Waals surface area (Å²) >= 11 is 17.9. The Hall–Kier alpha value is -1.71. The monoisotopic (exact) mass is 533 g/mol. The van der Waals surface area contributed by atoms with E-state index in [0.29, 0.717) is 21.6 Å². The molecule has 1 aliphatic heterocycles. The molecule has 1 heterocycles. The zero-order valence-electron chi connectivity index (χ0n) is 18.1. The van der Waals surface area contributed by atoms with E-state index >= 15 is 0 Å². The van der Waals surface area contributed by atoms with Crippen molar-refractivity contribution in [3.63, 3.8) is 0 Å². The van der Waals surface area contributed by atoms with Gasteiger partial charge in [-0.1, -0.05) is 34.8 Å². The molecule has 1 aliphatic rings. The Morgan fingerprint density at radius 1 is 1.09 bits per heavy atom. The largest absolute Gasteiger partial charge is 0.490 e. The molecule has 0 aliphatic carbocycles. The lowest BCUT2D eigenvalue weighted by molar-refractivity contribution is 0.0936. The van der Waals surface area contributed by atoms with Crippen molar-refractivity contribution < 1.29 is 17.9 Å². The number of carbonyl (C=O) groups excluding carboxylic acids is 1. The minimum absolute atomic E-state index is 0.129. The summed E-state index contributed by atoms with van der Waals surface area (Å²) in [6.07, 6.45) is 3.72. The fraction of sp³-hybridized carbons (Fsp3) is 0.409. The van der Waals surface area contributed by atoms with Crippen molar-refractivity contribution >= 4 is 56.4 Å². The van der Waals surface area contributed by atoms with Crippen LogP contribution in [0.4, 0.5) is 5.69 Å². The summed E-state index contributed by atoms with van der Waals surface area (Å²) in [5, 5.41) is 4.16. The molecule has 0 saturated carbocycles. The second kappa shape index (κ2) is 11.6. The summed E-state index contributed by atoms with van der Waals surface area (Å²) in [7, 11) is -3.54. The Kier molecular flexibility index (Phi) is 9.12. The van der Waals surface area contributed by atoms with Crippen molar-refractivity contribution in [3.8, 4) is 5.75 Å². The van der Waals surface area contributed by atoms with Gasteiger partial charge in [-0.05, 0) is 56.1 Å². The first-order valence-corrected chi connectivity index (χ1v) is 13.5. The van der Waals surface area contributed by atoms with Crippen LogP contribution in [0.1, 0.15) is 29.6 Å². The lowest BCUT2D eigenvalue weighted by Gasteiger charge is -2.32. The molecule has 7 nitrogen and oxygen atoms in total. The van der Waals surface area contributed by atoms with Crippen LogP contribution in [0.5, 0.6) is 5.75 Å². The van der Waals surface area contributed by atoms with Gasteiger partial charge in [0.15, 0.2) is 0 Å². The summed E-state index contributed by atoms with van der Waals surface area (Å²) in [6, 6.07) is 9.75. The number of sulfonamides is 1. The summed E-state index contributed by atoms with van der Waals surface area (Å²) < 4.78 is 31.5. The number of benzene rings is 2. The van der Waals surface area contributed by atoms with Crippen LogP contribution in [0.3, 0.4) is 0 Å². The van der Waals surface area contributed by atoms with Gasteiger partial charge in [-0.25, -0.2) is 8.42 Å². The van der Waals surface area contributed by atoms with Crippen LogP contribution in [0.25, 0.3) is 0 Å². The van der Waals surface area contributed by atoms with Gasteiger partial charge in [0.1, 0.15) is 11.9 Å². The minimum Gasteiger partial charge on any atom is -0.490 e. The third kappa shape index (κ3) is 8.22. The smallest absolute Gasteiger partial charge is 0.253 e. The normalized spacial score (nSPS) is 15.3. The van der Waals surface area contributed by atoms with Crippen LogP contribution >= 0.6 is 34.8 Å². The van der Waals surface area contributed by atoms with Gasteiger partial charge in [-0.2, -0.15) is 0 Å². The highest BCUT2D eigenvalue weighted by atomic mass is 35.5. The van der Waals surface area contributed by atoms with Crippen molar-refractivity contribution in [2.45, 2.75) is 25.4 Å². The average Bonchev–Trinajstić information content (AvgIpc) is 2.74.